The number of benzene rings is 1. The second kappa shape index (κ2) is 8.07. The van der Waals surface area contributed by atoms with Crippen LogP contribution in [0.3, 0.4) is 0 Å². The summed E-state index contributed by atoms with van der Waals surface area (Å²) in [4.78, 5) is 16.5. The summed E-state index contributed by atoms with van der Waals surface area (Å²) < 4.78 is 10.8. The van der Waals surface area contributed by atoms with Crippen LogP contribution in [0, 0.1) is 0 Å². The van der Waals surface area contributed by atoms with Gasteiger partial charge in [0, 0.05) is 32.4 Å². The average molecular weight is 343 g/mol. The molecule has 0 saturated carbocycles. The predicted molar refractivity (Wildman–Crippen MR) is 96.6 cm³/mol. The van der Waals surface area contributed by atoms with E-state index in [4.69, 9.17) is 9.15 Å². The molecule has 25 heavy (non-hydrogen) atoms. The first kappa shape index (κ1) is 17.4. The Morgan fingerprint density at radius 1 is 1.24 bits per heavy atom. The Morgan fingerprint density at radius 2 is 2.00 bits per heavy atom. The third-order valence-corrected chi connectivity index (χ3v) is 4.41. The lowest BCUT2D eigenvalue weighted by Gasteiger charge is -2.31. The molecular formula is C19H25N3O3. The molecule has 1 aromatic heterocycles. The molecule has 1 aliphatic heterocycles. The van der Waals surface area contributed by atoms with Gasteiger partial charge in [0.1, 0.15) is 5.76 Å². The Kier molecular flexibility index (Phi) is 5.60. The average Bonchev–Trinajstić information content (AvgIpc) is 3.17. The fraction of sp³-hybridized carbons (Fsp3) is 0.421. The van der Waals surface area contributed by atoms with E-state index < -0.39 is 0 Å². The van der Waals surface area contributed by atoms with Gasteiger partial charge in [0.2, 0.25) is 0 Å². The Morgan fingerprint density at radius 3 is 2.72 bits per heavy atom. The zero-order chi connectivity index (χ0) is 17.6. The maximum absolute atomic E-state index is 12.5. The van der Waals surface area contributed by atoms with Gasteiger partial charge in [0.05, 0.1) is 25.5 Å². The standard InChI is InChI=1S/C19H25N3O3/c1-15(18-8-5-11-25-18)20-19(23)21(2)14-16-6-3-4-7-17(16)22-9-12-24-13-10-22/h3-8,11,15H,9-10,12-14H2,1-2H3,(H,20,23)/t15-/m0/s1. The van der Waals surface area contributed by atoms with Crippen molar-refractivity contribution in [2.45, 2.75) is 19.5 Å². The molecule has 6 heteroatoms. The quantitative estimate of drug-likeness (QED) is 0.907. The largest absolute Gasteiger partial charge is 0.467 e. The van der Waals surface area contributed by atoms with Crippen molar-refractivity contribution in [1.82, 2.24) is 10.2 Å². The van der Waals surface area contributed by atoms with E-state index in [0.29, 0.717) is 6.54 Å². The predicted octanol–water partition coefficient (Wildman–Crippen LogP) is 3.02. The number of morpholine rings is 1. The number of hydrogen-bond donors (Lipinski definition) is 1. The van der Waals surface area contributed by atoms with Crippen molar-refractivity contribution < 1.29 is 13.9 Å². The molecule has 3 rings (SSSR count). The first-order valence-corrected chi connectivity index (χ1v) is 8.61. The Bertz CT molecular complexity index is 681. The molecule has 1 atom stereocenters. The second-order valence-electron chi connectivity index (χ2n) is 6.27. The Labute approximate surface area is 148 Å². The maximum Gasteiger partial charge on any atom is 0.318 e. The summed E-state index contributed by atoms with van der Waals surface area (Å²) in [5.74, 6) is 0.746. The molecule has 0 radical (unpaired) electrons. The van der Waals surface area contributed by atoms with Crippen LogP contribution in [0.15, 0.2) is 47.1 Å². The minimum Gasteiger partial charge on any atom is -0.467 e. The van der Waals surface area contributed by atoms with Crippen molar-refractivity contribution in [3.63, 3.8) is 0 Å². The Hall–Kier alpha value is -2.47. The summed E-state index contributed by atoms with van der Waals surface area (Å²) in [6, 6.07) is 11.6. The van der Waals surface area contributed by atoms with Crippen molar-refractivity contribution in [2.24, 2.45) is 0 Å². The number of ether oxygens (including phenoxy) is 1. The van der Waals surface area contributed by atoms with Gasteiger partial charge in [-0.05, 0) is 30.7 Å². The van der Waals surface area contributed by atoms with Gasteiger partial charge in [-0.2, -0.15) is 0 Å². The van der Waals surface area contributed by atoms with Gasteiger partial charge >= 0.3 is 6.03 Å². The van der Waals surface area contributed by atoms with Gasteiger partial charge < -0.3 is 24.3 Å². The summed E-state index contributed by atoms with van der Waals surface area (Å²) in [5, 5.41) is 2.96. The second-order valence-corrected chi connectivity index (χ2v) is 6.27. The van der Waals surface area contributed by atoms with Crippen molar-refractivity contribution >= 4 is 11.7 Å². The third-order valence-electron chi connectivity index (χ3n) is 4.41. The van der Waals surface area contributed by atoms with Crippen LogP contribution in [-0.2, 0) is 11.3 Å². The van der Waals surface area contributed by atoms with Gasteiger partial charge in [-0.15, -0.1) is 0 Å². The van der Waals surface area contributed by atoms with Gasteiger partial charge in [-0.25, -0.2) is 4.79 Å². The van der Waals surface area contributed by atoms with Crippen molar-refractivity contribution in [1.29, 1.82) is 0 Å². The van der Waals surface area contributed by atoms with Crippen molar-refractivity contribution in [3.05, 3.63) is 54.0 Å². The fourth-order valence-electron chi connectivity index (χ4n) is 2.99. The smallest absolute Gasteiger partial charge is 0.318 e. The van der Waals surface area contributed by atoms with Crippen molar-refractivity contribution in [2.75, 3.05) is 38.3 Å². The normalized spacial score (nSPS) is 15.7. The molecular weight excluding hydrogens is 318 g/mol. The van der Waals surface area contributed by atoms with E-state index in [-0.39, 0.29) is 12.1 Å². The highest BCUT2D eigenvalue weighted by Gasteiger charge is 2.18. The lowest BCUT2D eigenvalue weighted by molar-refractivity contribution is 0.122. The highest BCUT2D eigenvalue weighted by Crippen LogP contribution is 2.23. The lowest BCUT2D eigenvalue weighted by Crippen LogP contribution is -2.39. The molecule has 0 aliphatic carbocycles. The summed E-state index contributed by atoms with van der Waals surface area (Å²) in [5.41, 5.74) is 2.30. The minimum atomic E-state index is -0.167. The minimum absolute atomic E-state index is 0.124. The van der Waals surface area contributed by atoms with Crippen LogP contribution < -0.4 is 10.2 Å². The van der Waals surface area contributed by atoms with Crippen molar-refractivity contribution in [3.8, 4) is 0 Å². The molecule has 1 saturated heterocycles. The molecule has 1 N–H and O–H groups in total. The van der Waals surface area contributed by atoms with Gasteiger partial charge in [-0.3, -0.25) is 0 Å². The van der Waals surface area contributed by atoms with E-state index in [1.54, 1.807) is 18.2 Å². The lowest BCUT2D eigenvalue weighted by atomic mass is 10.1. The monoisotopic (exact) mass is 343 g/mol. The number of carbonyl (C=O) groups is 1. The molecule has 2 amide bonds. The highest BCUT2D eigenvalue weighted by atomic mass is 16.5. The molecule has 1 aliphatic rings. The number of carbonyl (C=O) groups excluding carboxylic acids is 1. The summed E-state index contributed by atoms with van der Waals surface area (Å²) >= 11 is 0. The number of urea groups is 1. The van der Waals surface area contributed by atoms with E-state index in [1.165, 1.54) is 5.69 Å². The first-order chi connectivity index (χ1) is 12.1. The van der Waals surface area contributed by atoms with Gasteiger partial charge in [-0.1, -0.05) is 18.2 Å². The first-order valence-electron chi connectivity index (χ1n) is 8.61. The van der Waals surface area contributed by atoms with E-state index in [9.17, 15) is 4.79 Å². The molecule has 0 unspecified atom stereocenters. The number of para-hydroxylation sites is 1. The number of nitrogens with zero attached hydrogens (tertiary/aromatic N) is 2. The molecule has 6 nitrogen and oxygen atoms in total. The van der Waals surface area contributed by atoms with Crippen LogP contribution in [-0.4, -0.2) is 44.3 Å². The van der Waals surface area contributed by atoms with Crippen LogP contribution in [0.5, 0.6) is 0 Å². The fourth-order valence-corrected chi connectivity index (χ4v) is 2.99. The van der Waals surface area contributed by atoms with E-state index in [0.717, 1.165) is 37.6 Å². The summed E-state index contributed by atoms with van der Waals surface area (Å²) in [6.45, 7) is 5.69. The molecule has 0 bridgehead atoms. The maximum atomic E-state index is 12.5. The molecule has 2 aromatic rings. The van der Waals surface area contributed by atoms with Crippen LogP contribution in [0.1, 0.15) is 24.3 Å². The Balaban J connectivity index is 1.64. The molecule has 1 fully saturated rings. The number of nitrogens with one attached hydrogen (secondary N) is 1. The van der Waals surface area contributed by atoms with E-state index in [1.807, 2.05) is 31.2 Å². The van der Waals surface area contributed by atoms with Crippen LogP contribution in [0.2, 0.25) is 0 Å². The summed E-state index contributed by atoms with van der Waals surface area (Å²) in [7, 11) is 1.81. The molecule has 2 heterocycles. The third kappa shape index (κ3) is 4.33. The highest BCUT2D eigenvalue weighted by molar-refractivity contribution is 5.74. The van der Waals surface area contributed by atoms with Gasteiger partial charge in [0.25, 0.3) is 0 Å². The SMILES string of the molecule is C[C@H](NC(=O)N(C)Cc1ccccc1N1CCOCC1)c1ccco1. The van der Waals surface area contributed by atoms with E-state index in [2.05, 4.69) is 22.3 Å². The van der Waals surface area contributed by atoms with E-state index >= 15 is 0 Å². The number of amides is 2. The number of anilines is 1. The number of rotatable bonds is 5. The zero-order valence-corrected chi connectivity index (χ0v) is 14.8. The van der Waals surface area contributed by atoms with Crippen LogP contribution >= 0.6 is 0 Å². The molecule has 1 aromatic carbocycles. The van der Waals surface area contributed by atoms with Crippen LogP contribution in [0.25, 0.3) is 0 Å². The zero-order valence-electron chi connectivity index (χ0n) is 14.8. The summed E-state index contributed by atoms with van der Waals surface area (Å²) in [6.07, 6.45) is 1.61. The van der Waals surface area contributed by atoms with Gasteiger partial charge in [0.15, 0.2) is 0 Å². The number of hydrogen-bond acceptors (Lipinski definition) is 4. The topological polar surface area (TPSA) is 58.0 Å². The van der Waals surface area contributed by atoms with Crippen LogP contribution in [0.4, 0.5) is 10.5 Å². The number of furan rings is 1. The molecule has 0 spiro atoms. The molecule has 134 valence electrons.